The Kier molecular flexibility index (Phi) is 11.8. The van der Waals surface area contributed by atoms with E-state index in [2.05, 4.69) is 13.8 Å². The number of hydrogen-bond acceptors (Lipinski definition) is 7. The molecule has 4 aliphatic rings. The molecule has 4 rings (SSSR count). The molecule has 0 aromatic carbocycles. The zero-order chi connectivity index (χ0) is 35.8. The van der Waals surface area contributed by atoms with Gasteiger partial charge >= 0.3 is 0 Å². The van der Waals surface area contributed by atoms with Gasteiger partial charge in [-0.1, -0.05) is 87.0 Å². The molecule has 5 atom stereocenters. The first kappa shape index (κ1) is 38.7. The van der Waals surface area contributed by atoms with Gasteiger partial charge in [-0.15, -0.1) is 0 Å². The van der Waals surface area contributed by atoms with E-state index in [0.29, 0.717) is 38.1 Å². The number of Topliss-reactive ketones (excluding diaryl/α,β-unsaturated/α-hetero) is 3. The van der Waals surface area contributed by atoms with Crippen LogP contribution in [0.3, 0.4) is 0 Å². The summed E-state index contributed by atoms with van der Waals surface area (Å²) in [5.74, 6) is -2.90. The molecule has 9 nitrogen and oxygen atoms in total. The lowest BCUT2D eigenvalue weighted by atomic mass is 9.70. The molecule has 0 radical (unpaired) electrons. The number of sulfone groups is 1. The van der Waals surface area contributed by atoms with Gasteiger partial charge in [0, 0.05) is 37.6 Å². The molecule has 272 valence electrons. The number of likely N-dealkylation sites (tertiary alicyclic amines) is 1. The molecular formula is C38H62N2O7S. The predicted molar refractivity (Wildman–Crippen MR) is 186 cm³/mol. The van der Waals surface area contributed by atoms with Crippen LogP contribution in [0.25, 0.3) is 0 Å². The summed E-state index contributed by atoms with van der Waals surface area (Å²) < 4.78 is 26.5. The fraction of sp³-hybridized carbons (Fsp3) is 0.868. The van der Waals surface area contributed by atoms with Gasteiger partial charge in [0.25, 0.3) is 5.91 Å². The average molecular weight is 691 g/mol. The summed E-state index contributed by atoms with van der Waals surface area (Å²) in [4.78, 5) is 69.0. The highest BCUT2D eigenvalue weighted by Gasteiger charge is 2.69. The zero-order valence-corrected chi connectivity index (χ0v) is 31.5. The van der Waals surface area contributed by atoms with Crippen LogP contribution in [0.1, 0.15) is 132 Å². The van der Waals surface area contributed by atoms with Gasteiger partial charge in [-0.25, -0.2) is 8.42 Å². The molecule has 4 fully saturated rings. The third-order valence-corrected chi connectivity index (χ3v) is 14.4. The van der Waals surface area contributed by atoms with Gasteiger partial charge in [0.05, 0.1) is 17.5 Å². The minimum atomic E-state index is -3.34. The molecule has 2 unspecified atom stereocenters. The van der Waals surface area contributed by atoms with Gasteiger partial charge in [0.15, 0.2) is 15.6 Å². The van der Waals surface area contributed by atoms with Crippen molar-refractivity contribution in [1.29, 1.82) is 0 Å². The van der Waals surface area contributed by atoms with Crippen LogP contribution in [0.5, 0.6) is 0 Å². The van der Waals surface area contributed by atoms with Gasteiger partial charge < -0.3 is 10.6 Å². The molecule has 0 spiro atoms. The topological polar surface area (TPSA) is 149 Å². The minimum Gasteiger partial charge on any atom is -0.363 e. The van der Waals surface area contributed by atoms with Crippen molar-refractivity contribution < 1.29 is 32.4 Å². The third kappa shape index (κ3) is 8.97. The van der Waals surface area contributed by atoms with Crippen LogP contribution in [-0.2, 0) is 33.8 Å². The van der Waals surface area contributed by atoms with Crippen molar-refractivity contribution in [1.82, 2.24) is 4.90 Å². The van der Waals surface area contributed by atoms with E-state index < -0.39 is 50.2 Å². The third-order valence-electron chi connectivity index (χ3n) is 12.5. The van der Waals surface area contributed by atoms with Gasteiger partial charge in [0.2, 0.25) is 11.7 Å². The van der Waals surface area contributed by atoms with Crippen LogP contribution in [0.15, 0.2) is 0 Å². The first-order valence-corrected chi connectivity index (χ1v) is 20.4. The smallest absolute Gasteiger partial charge is 0.285 e. The normalized spacial score (nSPS) is 26.3. The summed E-state index contributed by atoms with van der Waals surface area (Å²) >= 11 is 0. The van der Waals surface area contributed by atoms with Crippen molar-refractivity contribution in [3.8, 4) is 0 Å². The molecule has 0 aromatic heterocycles. The monoisotopic (exact) mass is 690 g/mol. The molecular weight excluding hydrogens is 628 g/mol. The van der Waals surface area contributed by atoms with Gasteiger partial charge in [0.1, 0.15) is 5.78 Å². The second-order valence-electron chi connectivity index (χ2n) is 18.2. The Morgan fingerprint density at radius 3 is 2.08 bits per heavy atom. The number of rotatable bonds is 17. The fourth-order valence-electron chi connectivity index (χ4n) is 9.17. The van der Waals surface area contributed by atoms with Crippen LogP contribution < -0.4 is 5.73 Å². The van der Waals surface area contributed by atoms with Crippen LogP contribution >= 0.6 is 0 Å². The molecule has 1 aliphatic heterocycles. The highest BCUT2D eigenvalue weighted by molar-refractivity contribution is 7.91. The number of ketones is 3. The summed E-state index contributed by atoms with van der Waals surface area (Å²) in [5.41, 5.74) is 4.08. The number of carbonyl (C=O) groups excluding carboxylic acids is 5. The zero-order valence-electron chi connectivity index (χ0n) is 30.6. The molecule has 10 heteroatoms. The summed E-state index contributed by atoms with van der Waals surface area (Å²) in [5, 5.41) is 0. The number of nitrogens with two attached hydrogens (primary N) is 1. The molecule has 3 aliphatic carbocycles. The van der Waals surface area contributed by atoms with E-state index in [1.165, 1.54) is 0 Å². The van der Waals surface area contributed by atoms with E-state index in [1.54, 1.807) is 4.90 Å². The molecule has 1 saturated heterocycles. The lowest BCUT2D eigenvalue weighted by Gasteiger charge is -2.39. The number of primary amides is 1. The maximum Gasteiger partial charge on any atom is 0.285 e. The quantitative estimate of drug-likeness (QED) is 0.192. The van der Waals surface area contributed by atoms with Crippen LogP contribution in [0, 0.1) is 51.8 Å². The number of nitrogens with zero attached hydrogens (tertiary/aromatic N) is 1. The molecule has 0 aromatic rings. The highest BCUT2D eigenvalue weighted by Crippen LogP contribution is 2.65. The number of hydrogen-bond donors (Lipinski definition) is 1. The van der Waals surface area contributed by atoms with Gasteiger partial charge in [-0.05, 0) is 65.6 Å². The second-order valence-corrected chi connectivity index (χ2v) is 20.4. The van der Waals surface area contributed by atoms with Crippen molar-refractivity contribution in [3.63, 3.8) is 0 Å². The van der Waals surface area contributed by atoms with Crippen molar-refractivity contribution in [2.75, 3.05) is 18.1 Å². The number of carbonyl (C=O) groups is 5. The highest BCUT2D eigenvalue weighted by atomic mass is 32.2. The maximum absolute atomic E-state index is 14.5. The van der Waals surface area contributed by atoms with Crippen molar-refractivity contribution in [2.45, 2.75) is 138 Å². The number of fused-ring (bicyclic) bond motifs is 1. The standard InChI is InChI=1S/C38H62N2O7S/c1-24(2)14-17-48(46,47)23-38(15-9-8-10-16-38)21-27(41)20-28(36(3,4)5)35(45)40-22-29-31(37(29,6)7)32(40)30(42)19-26(33(43)34(39)44)18-25-12-11-13-25/h24-26,28-29,31-32H,8-23H2,1-7H3,(H2,39,44)/t26?,28-,29?,31+,32-/m1/s1. The van der Waals surface area contributed by atoms with Crippen LogP contribution in [-0.4, -0.2) is 66.6 Å². The summed E-state index contributed by atoms with van der Waals surface area (Å²) in [6.07, 6.45) is 8.30. The van der Waals surface area contributed by atoms with E-state index in [9.17, 15) is 32.4 Å². The first-order chi connectivity index (χ1) is 22.2. The molecule has 3 saturated carbocycles. The largest absolute Gasteiger partial charge is 0.363 e. The van der Waals surface area contributed by atoms with Crippen molar-refractivity contribution in [3.05, 3.63) is 0 Å². The maximum atomic E-state index is 14.5. The Hall–Kier alpha value is -2.10. The van der Waals surface area contributed by atoms with E-state index in [0.717, 1.165) is 38.5 Å². The first-order valence-electron chi connectivity index (χ1n) is 18.6. The van der Waals surface area contributed by atoms with Gasteiger partial charge in [-0.2, -0.15) is 0 Å². The van der Waals surface area contributed by atoms with Crippen LogP contribution in [0.2, 0.25) is 0 Å². The Bertz CT molecular complexity index is 1350. The van der Waals surface area contributed by atoms with E-state index in [1.807, 2.05) is 34.6 Å². The second kappa shape index (κ2) is 14.6. The molecule has 2 amide bonds. The number of amides is 2. The lowest BCUT2D eigenvalue weighted by Crippen LogP contribution is -2.51. The molecule has 48 heavy (non-hydrogen) atoms. The van der Waals surface area contributed by atoms with Crippen molar-refractivity contribution in [2.24, 2.45) is 57.5 Å². The van der Waals surface area contributed by atoms with E-state index >= 15 is 0 Å². The molecule has 2 N–H and O–H groups in total. The average Bonchev–Trinajstić information content (AvgIpc) is 3.26. The lowest BCUT2D eigenvalue weighted by molar-refractivity contribution is -0.148. The molecule has 0 bridgehead atoms. The predicted octanol–water partition coefficient (Wildman–Crippen LogP) is 5.71. The Morgan fingerprint density at radius 1 is 0.938 bits per heavy atom. The Morgan fingerprint density at radius 2 is 1.56 bits per heavy atom. The molecule has 1 heterocycles. The summed E-state index contributed by atoms with van der Waals surface area (Å²) in [6, 6.07) is -0.710. The van der Waals surface area contributed by atoms with Crippen LogP contribution in [0.4, 0.5) is 0 Å². The van der Waals surface area contributed by atoms with Crippen molar-refractivity contribution >= 4 is 39.0 Å². The van der Waals surface area contributed by atoms with Gasteiger partial charge in [-0.3, -0.25) is 24.0 Å². The summed E-state index contributed by atoms with van der Waals surface area (Å²) in [6.45, 7) is 14.5. The van der Waals surface area contributed by atoms with E-state index in [4.69, 9.17) is 5.73 Å². The fourth-order valence-corrected chi connectivity index (χ4v) is 11.5. The number of piperidine rings is 1. The minimum absolute atomic E-state index is 0.00325. The Balaban J connectivity index is 1.53. The van der Waals surface area contributed by atoms with E-state index in [-0.39, 0.29) is 71.4 Å². The summed E-state index contributed by atoms with van der Waals surface area (Å²) in [7, 11) is -3.34. The Labute approximate surface area is 289 Å². The SMILES string of the molecule is CC(C)CCS(=O)(=O)CC1(CC(=O)C[C@H](C(=O)N2CC3[C@@H]([C@H]2C(=O)CC(CC2CCC2)C(=O)C(N)=O)C3(C)C)C(C)(C)C)CCCCC1.